The summed E-state index contributed by atoms with van der Waals surface area (Å²) in [6, 6.07) is 2.15. The van der Waals surface area contributed by atoms with Crippen LogP contribution in [-0.2, 0) is 6.42 Å². The molecule has 1 aliphatic carbocycles. The predicted octanol–water partition coefficient (Wildman–Crippen LogP) is 1.97. The minimum absolute atomic E-state index is 1.20. The van der Waals surface area contributed by atoms with Crippen molar-refractivity contribution >= 4 is 6.08 Å². The summed E-state index contributed by atoms with van der Waals surface area (Å²) in [7, 11) is 0. The zero-order chi connectivity index (χ0) is 6.10. The molecule has 0 bridgehead atoms. The molecule has 1 heteroatoms. The van der Waals surface area contributed by atoms with Crippen LogP contribution in [0.15, 0.2) is 18.3 Å². The molecule has 0 saturated heterocycles. The van der Waals surface area contributed by atoms with Crippen LogP contribution in [0.1, 0.15) is 17.7 Å². The van der Waals surface area contributed by atoms with Gasteiger partial charge in [0.1, 0.15) is 0 Å². The molecule has 0 amide bonds. The van der Waals surface area contributed by atoms with E-state index in [1.54, 1.807) is 0 Å². The van der Waals surface area contributed by atoms with Crippen LogP contribution in [0, 0.1) is 0 Å². The van der Waals surface area contributed by atoms with Crippen molar-refractivity contribution < 1.29 is 0 Å². The van der Waals surface area contributed by atoms with Crippen LogP contribution in [0.25, 0.3) is 6.08 Å². The van der Waals surface area contributed by atoms with Crippen LogP contribution < -0.4 is 0 Å². The van der Waals surface area contributed by atoms with Crippen LogP contribution in [-0.4, -0.2) is 4.98 Å². The van der Waals surface area contributed by atoms with Gasteiger partial charge < -0.3 is 4.98 Å². The summed E-state index contributed by atoms with van der Waals surface area (Å²) in [5.74, 6) is 0. The second kappa shape index (κ2) is 1.76. The summed E-state index contributed by atoms with van der Waals surface area (Å²) >= 11 is 0. The molecule has 1 aliphatic rings. The van der Waals surface area contributed by atoms with Crippen molar-refractivity contribution in [3.63, 3.8) is 0 Å². The number of rotatable bonds is 0. The maximum atomic E-state index is 3.17. The Balaban J connectivity index is 2.53. The third-order valence-corrected chi connectivity index (χ3v) is 1.73. The second-order valence-corrected chi connectivity index (χ2v) is 2.36. The van der Waals surface area contributed by atoms with E-state index in [0.29, 0.717) is 0 Å². The molecule has 1 heterocycles. The maximum Gasteiger partial charge on any atom is 0.0409 e. The number of nitrogens with one attached hydrogen (secondary N) is 1. The number of aromatic amines is 1. The monoisotopic (exact) mass is 119 g/mol. The molecule has 0 saturated carbocycles. The zero-order valence-electron chi connectivity index (χ0n) is 5.22. The van der Waals surface area contributed by atoms with Gasteiger partial charge in [0.05, 0.1) is 0 Å². The lowest BCUT2D eigenvalue weighted by molar-refractivity contribution is 0.985. The molecule has 2 rings (SSSR count). The number of hydrogen-bond acceptors (Lipinski definition) is 0. The SMILES string of the molecule is C1=Cc2[nH]ccc2CC1. The van der Waals surface area contributed by atoms with Gasteiger partial charge in [0.2, 0.25) is 0 Å². The number of H-pyrrole nitrogens is 1. The van der Waals surface area contributed by atoms with E-state index in [0.717, 1.165) is 0 Å². The molecule has 0 fully saturated rings. The summed E-state index contributed by atoms with van der Waals surface area (Å²) in [6.45, 7) is 0. The van der Waals surface area contributed by atoms with Gasteiger partial charge in [-0.05, 0) is 30.5 Å². The smallest absolute Gasteiger partial charge is 0.0409 e. The van der Waals surface area contributed by atoms with Gasteiger partial charge >= 0.3 is 0 Å². The highest BCUT2D eigenvalue weighted by Crippen LogP contribution is 2.16. The Labute approximate surface area is 54.4 Å². The van der Waals surface area contributed by atoms with Crippen LogP contribution >= 0.6 is 0 Å². The Kier molecular flexibility index (Phi) is 0.950. The van der Waals surface area contributed by atoms with E-state index in [9.17, 15) is 0 Å². The van der Waals surface area contributed by atoms with Gasteiger partial charge in [-0.2, -0.15) is 0 Å². The molecule has 46 valence electrons. The number of hydrogen-bond donors (Lipinski definition) is 1. The maximum absolute atomic E-state index is 3.17. The quantitative estimate of drug-likeness (QED) is 0.537. The Bertz CT molecular complexity index is 232. The molecule has 0 aromatic carbocycles. The molecule has 0 aliphatic heterocycles. The van der Waals surface area contributed by atoms with Crippen LogP contribution in [0.2, 0.25) is 0 Å². The van der Waals surface area contributed by atoms with Crippen molar-refractivity contribution in [2.75, 3.05) is 0 Å². The van der Waals surface area contributed by atoms with E-state index in [1.807, 2.05) is 6.20 Å². The second-order valence-electron chi connectivity index (χ2n) is 2.36. The van der Waals surface area contributed by atoms with Crippen molar-refractivity contribution in [1.82, 2.24) is 4.98 Å². The van der Waals surface area contributed by atoms with Crippen molar-refractivity contribution in [2.45, 2.75) is 12.8 Å². The van der Waals surface area contributed by atoms with Gasteiger partial charge in [-0.3, -0.25) is 0 Å². The Morgan fingerprint density at radius 3 is 3.33 bits per heavy atom. The third kappa shape index (κ3) is 0.689. The van der Waals surface area contributed by atoms with Gasteiger partial charge in [0.15, 0.2) is 0 Å². The predicted molar refractivity (Wildman–Crippen MR) is 38.1 cm³/mol. The van der Waals surface area contributed by atoms with E-state index in [4.69, 9.17) is 0 Å². The first-order valence-corrected chi connectivity index (χ1v) is 3.29. The van der Waals surface area contributed by atoms with Crippen LogP contribution in [0.4, 0.5) is 0 Å². The summed E-state index contributed by atoms with van der Waals surface area (Å²) < 4.78 is 0. The first-order valence-electron chi connectivity index (χ1n) is 3.29. The fourth-order valence-corrected chi connectivity index (χ4v) is 1.23. The number of fused-ring (bicyclic) bond motifs is 1. The Morgan fingerprint density at radius 1 is 1.44 bits per heavy atom. The van der Waals surface area contributed by atoms with Gasteiger partial charge in [0, 0.05) is 11.9 Å². The highest BCUT2D eigenvalue weighted by Gasteiger charge is 2.02. The number of allylic oxidation sites excluding steroid dienone is 1. The average Bonchev–Trinajstić information content (AvgIpc) is 2.33. The summed E-state index contributed by atoms with van der Waals surface area (Å²) in [5.41, 5.74) is 2.75. The molecule has 0 unspecified atom stereocenters. The van der Waals surface area contributed by atoms with Crippen molar-refractivity contribution in [3.05, 3.63) is 29.6 Å². The lowest BCUT2D eigenvalue weighted by Gasteiger charge is -2.01. The third-order valence-electron chi connectivity index (χ3n) is 1.73. The molecule has 1 N–H and O–H groups in total. The Hall–Kier alpha value is -0.980. The lowest BCUT2D eigenvalue weighted by atomic mass is 10.1. The first-order chi connectivity index (χ1) is 4.47. The van der Waals surface area contributed by atoms with Gasteiger partial charge in [-0.25, -0.2) is 0 Å². The molecule has 1 aromatic rings. The fraction of sp³-hybridized carbons (Fsp3) is 0.250. The first kappa shape index (κ1) is 4.86. The molecule has 0 spiro atoms. The highest BCUT2D eigenvalue weighted by molar-refractivity contribution is 5.52. The van der Waals surface area contributed by atoms with Gasteiger partial charge in [-0.1, -0.05) is 6.08 Å². The Morgan fingerprint density at radius 2 is 2.44 bits per heavy atom. The standard InChI is InChI=1S/C8H9N/c1-2-4-8-7(3-1)5-6-9-8/h2,4-6,9H,1,3H2. The van der Waals surface area contributed by atoms with Crippen LogP contribution in [0.5, 0.6) is 0 Å². The van der Waals surface area contributed by atoms with Crippen LogP contribution in [0.3, 0.4) is 0 Å². The van der Waals surface area contributed by atoms with E-state index < -0.39 is 0 Å². The number of aromatic nitrogens is 1. The minimum Gasteiger partial charge on any atom is -0.361 e. The number of aryl methyl sites for hydroxylation is 1. The molecule has 0 atom stereocenters. The largest absolute Gasteiger partial charge is 0.361 e. The molecule has 1 nitrogen and oxygen atoms in total. The van der Waals surface area contributed by atoms with Crippen molar-refractivity contribution in [2.24, 2.45) is 0 Å². The van der Waals surface area contributed by atoms with Gasteiger partial charge in [-0.15, -0.1) is 0 Å². The average molecular weight is 119 g/mol. The minimum atomic E-state index is 1.20. The summed E-state index contributed by atoms with van der Waals surface area (Å²) in [5, 5.41) is 0. The fourth-order valence-electron chi connectivity index (χ4n) is 1.23. The van der Waals surface area contributed by atoms with Crippen molar-refractivity contribution in [3.8, 4) is 0 Å². The highest BCUT2D eigenvalue weighted by atomic mass is 14.7. The van der Waals surface area contributed by atoms with Gasteiger partial charge in [0.25, 0.3) is 0 Å². The van der Waals surface area contributed by atoms with E-state index in [-0.39, 0.29) is 0 Å². The van der Waals surface area contributed by atoms with E-state index in [1.165, 1.54) is 24.1 Å². The molecular formula is C8H9N. The molecule has 9 heavy (non-hydrogen) atoms. The molecular weight excluding hydrogens is 110 g/mol. The van der Waals surface area contributed by atoms with E-state index >= 15 is 0 Å². The summed E-state index contributed by atoms with van der Waals surface area (Å²) in [6.07, 6.45) is 8.76. The summed E-state index contributed by atoms with van der Waals surface area (Å²) in [4.78, 5) is 3.17. The lowest BCUT2D eigenvalue weighted by Crippen LogP contribution is -1.88. The zero-order valence-corrected chi connectivity index (χ0v) is 5.22. The topological polar surface area (TPSA) is 15.8 Å². The molecule has 1 aromatic heterocycles. The molecule has 0 radical (unpaired) electrons. The van der Waals surface area contributed by atoms with Crippen molar-refractivity contribution in [1.29, 1.82) is 0 Å². The normalized spacial score (nSPS) is 15.6. The van der Waals surface area contributed by atoms with E-state index in [2.05, 4.69) is 23.2 Å².